The van der Waals surface area contributed by atoms with Crippen LogP contribution in [0, 0.1) is 0 Å². The van der Waals surface area contributed by atoms with Crippen molar-refractivity contribution in [1.82, 2.24) is 24.5 Å². The molecule has 11 aromatic rings. The standard InChI is InChI=1S/C51H33N5/c1-3-15-33(16-4-1)35-19-13-21-37(31-35)49-53-50(38-22-14-20-36(32-38)34-17-5-2-6-18-34)55-51(54-49)43-25-9-12-28-46(43)56-45-27-11-8-24-40(45)42-30-29-41-39-23-7-10-26-44(39)52-47(41)48(42)56/h1-32,52H. The third kappa shape index (κ3) is 5.29. The van der Waals surface area contributed by atoms with E-state index in [1.165, 1.54) is 21.5 Å². The number of fused-ring (bicyclic) bond motifs is 7. The van der Waals surface area contributed by atoms with E-state index in [0.29, 0.717) is 17.5 Å². The Morgan fingerprint density at radius 3 is 1.57 bits per heavy atom. The van der Waals surface area contributed by atoms with Gasteiger partial charge in [0.1, 0.15) is 0 Å². The molecule has 262 valence electrons. The van der Waals surface area contributed by atoms with Crippen molar-refractivity contribution in [2.45, 2.75) is 0 Å². The van der Waals surface area contributed by atoms with Gasteiger partial charge in [0.25, 0.3) is 0 Å². The van der Waals surface area contributed by atoms with E-state index in [-0.39, 0.29) is 0 Å². The van der Waals surface area contributed by atoms with E-state index in [9.17, 15) is 0 Å². The van der Waals surface area contributed by atoms with E-state index in [4.69, 9.17) is 15.0 Å². The molecule has 0 bridgehead atoms. The van der Waals surface area contributed by atoms with E-state index in [1.54, 1.807) is 0 Å². The second-order valence-corrected chi connectivity index (χ2v) is 14.1. The Bertz CT molecular complexity index is 3150. The van der Waals surface area contributed by atoms with E-state index in [0.717, 1.165) is 66.7 Å². The smallest absolute Gasteiger partial charge is 0.166 e. The highest BCUT2D eigenvalue weighted by atomic mass is 15.1. The van der Waals surface area contributed by atoms with Crippen LogP contribution in [-0.4, -0.2) is 24.5 Å². The summed E-state index contributed by atoms with van der Waals surface area (Å²) in [5.74, 6) is 1.83. The lowest BCUT2D eigenvalue weighted by atomic mass is 10.0. The van der Waals surface area contributed by atoms with Gasteiger partial charge in [-0.25, -0.2) is 15.0 Å². The molecule has 0 fully saturated rings. The first-order chi connectivity index (χ1) is 27.8. The van der Waals surface area contributed by atoms with Crippen molar-refractivity contribution in [2.75, 3.05) is 0 Å². The van der Waals surface area contributed by atoms with Crippen LogP contribution >= 0.6 is 0 Å². The van der Waals surface area contributed by atoms with E-state index < -0.39 is 0 Å². The van der Waals surface area contributed by atoms with Gasteiger partial charge in [0.2, 0.25) is 0 Å². The maximum Gasteiger partial charge on any atom is 0.166 e. The van der Waals surface area contributed by atoms with Gasteiger partial charge in [-0.1, -0.05) is 158 Å². The average molecular weight is 716 g/mol. The van der Waals surface area contributed by atoms with Crippen molar-refractivity contribution in [2.24, 2.45) is 0 Å². The number of nitrogens with one attached hydrogen (secondary N) is 1. The summed E-state index contributed by atoms with van der Waals surface area (Å²) in [7, 11) is 0. The Hall–Kier alpha value is -7.63. The van der Waals surface area contributed by atoms with Crippen molar-refractivity contribution in [3.05, 3.63) is 194 Å². The van der Waals surface area contributed by atoms with Gasteiger partial charge in [0.15, 0.2) is 17.5 Å². The van der Waals surface area contributed by atoms with Gasteiger partial charge in [-0.05, 0) is 58.7 Å². The highest BCUT2D eigenvalue weighted by Crippen LogP contribution is 2.41. The minimum absolute atomic E-state index is 0.602. The molecule has 5 nitrogen and oxygen atoms in total. The van der Waals surface area contributed by atoms with Crippen LogP contribution in [0.5, 0.6) is 0 Å². The summed E-state index contributed by atoms with van der Waals surface area (Å²) in [5.41, 5.74) is 12.7. The van der Waals surface area contributed by atoms with Crippen LogP contribution in [0.15, 0.2) is 194 Å². The SMILES string of the molecule is c1ccc(-c2cccc(-c3nc(-c4cccc(-c5ccccc5)c4)nc(-c4ccccc4-n4c5ccccc5c5ccc6c7ccccc7[nH]c6c54)n3)c2)cc1. The first-order valence-corrected chi connectivity index (χ1v) is 18.9. The van der Waals surface area contributed by atoms with Crippen LogP contribution in [0.4, 0.5) is 0 Å². The van der Waals surface area contributed by atoms with E-state index >= 15 is 0 Å². The molecular weight excluding hydrogens is 683 g/mol. The fraction of sp³-hybridized carbons (Fsp3) is 0. The molecule has 3 aromatic heterocycles. The summed E-state index contributed by atoms with van der Waals surface area (Å²) in [6, 6.07) is 67.9. The third-order valence-electron chi connectivity index (χ3n) is 10.8. The van der Waals surface area contributed by atoms with Crippen molar-refractivity contribution in [3.63, 3.8) is 0 Å². The number of benzene rings is 8. The molecule has 0 unspecified atom stereocenters. The molecule has 0 aliphatic heterocycles. The second kappa shape index (κ2) is 13.0. The predicted molar refractivity (Wildman–Crippen MR) is 231 cm³/mol. The summed E-state index contributed by atoms with van der Waals surface area (Å²) < 4.78 is 2.38. The molecule has 0 saturated carbocycles. The molecular formula is C51H33N5. The monoisotopic (exact) mass is 715 g/mol. The summed E-state index contributed by atoms with van der Waals surface area (Å²) in [6.07, 6.45) is 0. The molecule has 5 heteroatoms. The molecule has 8 aromatic carbocycles. The molecule has 0 spiro atoms. The van der Waals surface area contributed by atoms with Gasteiger partial charge in [-0.2, -0.15) is 0 Å². The number of rotatable bonds is 6. The van der Waals surface area contributed by atoms with Crippen LogP contribution in [-0.2, 0) is 0 Å². The highest BCUT2D eigenvalue weighted by Gasteiger charge is 2.21. The van der Waals surface area contributed by atoms with Crippen LogP contribution in [0.25, 0.3) is 106 Å². The average Bonchev–Trinajstić information content (AvgIpc) is 3.83. The van der Waals surface area contributed by atoms with Crippen LogP contribution in [0.3, 0.4) is 0 Å². The lowest BCUT2D eigenvalue weighted by Crippen LogP contribution is -2.04. The summed E-state index contributed by atoms with van der Waals surface area (Å²) in [4.78, 5) is 19.6. The maximum atomic E-state index is 5.30. The zero-order valence-corrected chi connectivity index (χ0v) is 30.3. The van der Waals surface area contributed by atoms with Crippen molar-refractivity contribution < 1.29 is 0 Å². The lowest BCUT2D eigenvalue weighted by Gasteiger charge is -2.15. The molecule has 0 aliphatic rings. The van der Waals surface area contributed by atoms with Crippen LogP contribution < -0.4 is 0 Å². The minimum atomic E-state index is 0.602. The number of para-hydroxylation sites is 3. The number of nitrogens with zero attached hydrogens (tertiary/aromatic N) is 4. The number of hydrogen-bond acceptors (Lipinski definition) is 3. The van der Waals surface area contributed by atoms with Gasteiger partial charge < -0.3 is 9.55 Å². The normalized spacial score (nSPS) is 11.6. The fourth-order valence-electron chi connectivity index (χ4n) is 8.17. The molecule has 0 radical (unpaired) electrons. The second-order valence-electron chi connectivity index (χ2n) is 14.1. The Kier molecular flexibility index (Phi) is 7.42. The Balaban J connectivity index is 1.17. The van der Waals surface area contributed by atoms with Crippen molar-refractivity contribution in [1.29, 1.82) is 0 Å². The molecule has 11 rings (SSSR count). The molecule has 0 atom stereocenters. The number of aromatic amines is 1. The summed E-state index contributed by atoms with van der Waals surface area (Å²) >= 11 is 0. The van der Waals surface area contributed by atoms with Gasteiger partial charge in [-0.15, -0.1) is 0 Å². The van der Waals surface area contributed by atoms with Gasteiger partial charge in [-0.3, -0.25) is 0 Å². The van der Waals surface area contributed by atoms with E-state index in [2.05, 4.69) is 192 Å². The van der Waals surface area contributed by atoms with Crippen LogP contribution in [0.1, 0.15) is 0 Å². The number of aromatic nitrogens is 5. The fourth-order valence-corrected chi connectivity index (χ4v) is 8.17. The lowest BCUT2D eigenvalue weighted by molar-refractivity contribution is 1.06. The number of H-pyrrole nitrogens is 1. The first-order valence-electron chi connectivity index (χ1n) is 18.9. The predicted octanol–water partition coefficient (Wildman–Crippen LogP) is 12.9. The first kappa shape index (κ1) is 31.9. The summed E-state index contributed by atoms with van der Waals surface area (Å²) in [5, 5.41) is 4.76. The summed E-state index contributed by atoms with van der Waals surface area (Å²) in [6.45, 7) is 0. The van der Waals surface area contributed by atoms with Gasteiger partial charge in [0.05, 0.1) is 22.2 Å². The Morgan fingerprint density at radius 2 is 0.875 bits per heavy atom. The molecule has 1 N–H and O–H groups in total. The van der Waals surface area contributed by atoms with Gasteiger partial charge >= 0.3 is 0 Å². The zero-order valence-electron chi connectivity index (χ0n) is 30.3. The Labute approximate surface area is 323 Å². The topological polar surface area (TPSA) is 59.4 Å². The Morgan fingerprint density at radius 1 is 0.357 bits per heavy atom. The van der Waals surface area contributed by atoms with Gasteiger partial charge in [0, 0.05) is 43.8 Å². The quantitative estimate of drug-likeness (QED) is 0.186. The minimum Gasteiger partial charge on any atom is -0.353 e. The van der Waals surface area contributed by atoms with Crippen LogP contribution in [0.2, 0.25) is 0 Å². The molecule has 0 aliphatic carbocycles. The zero-order chi connectivity index (χ0) is 37.0. The molecule has 0 amide bonds. The highest BCUT2D eigenvalue weighted by molar-refractivity contribution is 6.22. The third-order valence-corrected chi connectivity index (χ3v) is 10.8. The largest absolute Gasteiger partial charge is 0.353 e. The molecule has 56 heavy (non-hydrogen) atoms. The molecule has 0 saturated heterocycles. The molecule has 3 heterocycles. The number of hydrogen-bond donors (Lipinski definition) is 1. The maximum absolute atomic E-state index is 5.30. The van der Waals surface area contributed by atoms with E-state index in [1.807, 2.05) is 12.1 Å². The van der Waals surface area contributed by atoms with Crippen molar-refractivity contribution in [3.8, 4) is 62.1 Å². The van der Waals surface area contributed by atoms with Crippen molar-refractivity contribution >= 4 is 43.6 Å².